The van der Waals surface area contributed by atoms with Gasteiger partial charge in [0.2, 0.25) is 0 Å². The molecule has 108 valence electrons. The van der Waals surface area contributed by atoms with E-state index in [-0.39, 0.29) is 17.0 Å². The number of carboxylic acid groups (broad SMARTS) is 1. The van der Waals surface area contributed by atoms with Crippen molar-refractivity contribution < 1.29 is 19.1 Å². The van der Waals surface area contributed by atoms with Gasteiger partial charge in [0.15, 0.2) is 0 Å². The van der Waals surface area contributed by atoms with Crippen molar-refractivity contribution >= 4 is 35.2 Å². The molecule has 1 aliphatic heterocycles. The van der Waals surface area contributed by atoms with Crippen molar-refractivity contribution in [3.63, 3.8) is 0 Å². The maximum absolute atomic E-state index is 13.7. The second-order valence-corrected chi connectivity index (χ2v) is 6.04. The number of carbonyl (C=O) groups excluding carboxylic acids is 1. The Balaban J connectivity index is 2.25. The first kappa shape index (κ1) is 15.1. The molecule has 0 saturated carbocycles. The highest BCUT2D eigenvalue weighted by molar-refractivity contribution is 7.99. The zero-order chi connectivity index (χ0) is 14.7. The van der Waals surface area contributed by atoms with Crippen molar-refractivity contribution in [2.24, 2.45) is 0 Å². The third kappa shape index (κ3) is 3.43. The predicted octanol–water partition coefficient (Wildman–Crippen LogP) is 2.51. The van der Waals surface area contributed by atoms with Crippen molar-refractivity contribution in [2.75, 3.05) is 18.1 Å². The Labute approximate surface area is 124 Å². The van der Waals surface area contributed by atoms with Gasteiger partial charge >= 0.3 is 5.97 Å². The van der Waals surface area contributed by atoms with Gasteiger partial charge in [-0.25, -0.2) is 4.39 Å². The average molecular weight is 318 g/mol. The molecular formula is C13H13ClFNO3S. The maximum atomic E-state index is 13.7. The number of benzene rings is 1. The fourth-order valence-electron chi connectivity index (χ4n) is 2.11. The summed E-state index contributed by atoms with van der Waals surface area (Å²) in [6.07, 6.45) is -0.138. The van der Waals surface area contributed by atoms with Crippen LogP contribution in [-0.2, 0) is 4.79 Å². The monoisotopic (exact) mass is 317 g/mol. The highest BCUT2D eigenvalue weighted by atomic mass is 35.5. The lowest BCUT2D eigenvalue weighted by molar-refractivity contribution is -0.138. The Morgan fingerprint density at radius 1 is 1.50 bits per heavy atom. The zero-order valence-corrected chi connectivity index (χ0v) is 12.1. The topological polar surface area (TPSA) is 57.6 Å². The summed E-state index contributed by atoms with van der Waals surface area (Å²) in [5, 5.41) is 9.17. The molecule has 20 heavy (non-hydrogen) atoms. The third-order valence-corrected chi connectivity index (χ3v) is 4.38. The number of carboxylic acids is 1. The highest BCUT2D eigenvalue weighted by Crippen LogP contribution is 2.23. The van der Waals surface area contributed by atoms with Crippen LogP contribution >= 0.6 is 23.4 Å². The molecular weight excluding hydrogens is 305 g/mol. The van der Waals surface area contributed by atoms with E-state index in [1.54, 1.807) is 11.8 Å². The SMILES string of the molecule is O=C(O)CC1CSCCN1C(=O)c1cc(Cl)ccc1F. The number of hydrogen-bond donors (Lipinski definition) is 1. The second kappa shape index (κ2) is 6.45. The van der Waals surface area contributed by atoms with Gasteiger partial charge in [0, 0.05) is 23.1 Å². The second-order valence-electron chi connectivity index (χ2n) is 4.45. The summed E-state index contributed by atoms with van der Waals surface area (Å²) in [6.45, 7) is 0.410. The molecule has 1 atom stereocenters. The van der Waals surface area contributed by atoms with Gasteiger partial charge in [-0.1, -0.05) is 11.6 Å². The molecule has 1 aliphatic rings. The Morgan fingerprint density at radius 2 is 2.25 bits per heavy atom. The van der Waals surface area contributed by atoms with E-state index < -0.39 is 23.7 Å². The Hall–Kier alpha value is -1.27. The molecule has 1 aromatic rings. The Morgan fingerprint density at radius 3 is 2.95 bits per heavy atom. The molecule has 1 heterocycles. The molecule has 0 aromatic heterocycles. The van der Waals surface area contributed by atoms with Crippen molar-refractivity contribution in [1.82, 2.24) is 4.90 Å². The number of halogens is 2. The summed E-state index contributed by atoms with van der Waals surface area (Å²) < 4.78 is 13.7. The molecule has 1 fully saturated rings. The summed E-state index contributed by atoms with van der Waals surface area (Å²) in [4.78, 5) is 24.7. The number of thioether (sulfide) groups is 1. The molecule has 7 heteroatoms. The van der Waals surface area contributed by atoms with Gasteiger partial charge in [0.1, 0.15) is 5.82 Å². The number of hydrogen-bond acceptors (Lipinski definition) is 3. The van der Waals surface area contributed by atoms with Crippen LogP contribution in [0.2, 0.25) is 5.02 Å². The Kier molecular flexibility index (Phi) is 4.88. The Bertz CT molecular complexity index is 540. The van der Waals surface area contributed by atoms with Crippen LogP contribution in [0.15, 0.2) is 18.2 Å². The molecule has 0 spiro atoms. The van der Waals surface area contributed by atoms with E-state index in [2.05, 4.69) is 0 Å². The molecule has 4 nitrogen and oxygen atoms in total. The van der Waals surface area contributed by atoms with E-state index in [0.717, 1.165) is 6.07 Å². The minimum atomic E-state index is -0.970. The first-order valence-corrected chi connectivity index (χ1v) is 7.58. The van der Waals surface area contributed by atoms with E-state index in [4.69, 9.17) is 16.7 Å². The third-order valence-electron chi connectivity index (χ3n) is 3.06. The first-order chi connectivity index (χ1) is 9.49. The van der Waals surface area contributed by atoms with Crippen LogP contribution in [-0.4, -0.2) is 46.0 Å². The van der Waals surface area contributed by atoms with Crippen LogP contribution in [0.4, 0.5) is 4.39 Å². The minimum Gasteiger partial charge on any atom is -0.481 e. The van der Waals surface area contributed by atoms with E-state index in [1.165, 1.54) is 17.0 Å². The molecule has 1 amide bonds. The van der Waals surface area contributed by atoms with Gasteiger partial charge < -0.3 is 10.0 Å². The van der Waals surface area contributed by atoms with E-state index in [1.807, 2.05) is 0 Å². The average Bonchev–Trinajstić information content (AvgIpc) is 2.41. The highest BCUT2D eigenvalue weighted by Gasteiger charge is 2.30. The lowest BCUT2D eigenvalue weighted by atomic mass is 10.1. The molecule has 0 bridgehead atoms. The van der Waals surface area contributed by atoms with Gasteiger partial charge in [0.05, 0.1) is 18.0 Å². The van der Waals surface area contributed by atoms with E-state index in [9.17, 15) is 14.0 Å². The normalized spacial score (nSPS) is 18.9. The summed E-state index contributed by atoms with van der Waals surface area (Å²) in [7, 11) is 0. The number of carbonyl (C=O) groups is 2. The molecule has 1 unspecified atom stereocenters. The van der Waals surface area contributed by atoms with Gasteiger partial charge in [0.25, 0.3) is 5.91 Å². The van der Waals surface area contributed by atoms with Crippen molar-refractivity contribution in [3.05, 3.63) is 34.6 Å². The molecule has 1 saturated heterocycles. The fraction of sp³-hybridized carbons (Fsp3) is 0.385. The lowest BCUT2D eigenvalue weighted by Gasteiger charge is -2.34. The fourth-order valence-corrected chi connectivity index (χ4v) is 3.34. The van der Waals surface area contributed by atoms with Crippen LogP contribution in [0.1, 0.15) is 16.8 Å². The lowest BCUT2D eigenvalue weighted by Crippen LogP contribution is -2.47. The van der Waals surface area contributed by atoms with Crippen molar-refractivity contribution in [3.8, 4) is 0 Å². The predicted molar refractivity (Wildman–Crippen MR) is 75.8 cm³/mol. The largest absolute Gasteiger partial charge is 0.481 e. The summed E-state index contributed by atoms with van der Waals surface area (Å²) in [5.74, 6) is -0.866. The summed E-state index contributed by atoms with van der Waals surface area (Å²) in [5.41, 5.74) is -0.111. The summed E-state index contributed by atoms with van der Waals surface area (Å²) >= 11 is 7.38. The minimum absolute atomic E-state index is 0.111. The van der Waals surface area contributed by atoms with Crippen molar-refractivity contribution in [1.29, 1.82) is 0 Å². The van der Waals surface area contributed by atoms with Gasteiger partial charge in [-0.05, 0) is 18.2 Å². The van der Waals surface area contributed by atoms with Crippen molar-refractivity contribution in [2.45, 2.75) is 12.5 Å². The van der Waals surface area contributed by atoms with E-state index >= 15 is 0 Å². The molecule has 1 N–H and O–H groups in total. The van der Waals surface area contributed by atoms with Gasteiger partial charge in [-0.2, -0.15) is 11.8 Å². The number of aliphatic carboxylic acids is 1. The van der Waals surface area contributed by atoms with Gasteiger partial charge in [-0.15, -0.1) is 0 Å². The molecule has 1 aromatic carbocycles. The smallest absolute Gasteiger partial charge is 0.305 e. The molecule has 0 radical (unpaired) electrons. The van der Waals surface area contributed by atoms with Crippen LogP contribution in [0.3, 0.4) is 0 Å². The molecule has 0 aliphatic carbocycles. The summed E-state index contributed by atoms with van der Waals surface area (Å²) in [6, 6.07) is 3.37. The van der Waals surface area contributed by atoms with Gasteiger partial charge in [-0.3, -0.25) is 9.59 Å². The molecule has 2 rings (SSSR count). The standard InChI is InChI=1S/C13H13ClFNO3S/c14-8-1-2-11(15)10(5-8)13(19)16-3-4-20-7-9(16)6-12(17)18/h1-2,5,9H,3-4,6-7H2,(H,17,18). The quantitative estimate of drug-likeness (QED) is 0.930. The number of nitrogens with zero attached hydrogens (tertiary/aromatic N) is 1. The van der Waals surface area contributed by atoms with Crippen LogP contribution in [0.25, 0.3) is 0 Å². The van der Waals surface area contributed by atoms with E-state index in [0.29, 0.717) is 18.1 Å². The van der Waals surface area contributed by atoms with Crippen LogP contribution < -0.4 is 0 Å². The van der Waals surface area contributed by atoms with Crippen LogP contribution in [0.5, 0.6) is 0 Å². The van der Waals surface area contributed by atoms with Crippen LogP contribution in [0, 0.1) is 5.82 Å². The zero-order valence-electron chi connectivity index (χ0n) is 10.5. The number of amides is 1. The maximum Gasteiger partial charge on any atom is 0.305 e. The number of rotatable bonds is 3. The first-order valence-electron chi connectivity index (χ1n) is 6.04.